The molecule has 1 saturated carbocycles. The van der Waals surface area contributed by atoms with Gasteiger partial charge in [0.05, 0.1) is 19.3 Å². The zero-order chi connectivity index (χ0) is 15.9. The molecule has 1 rings (SSSR count). The van der Waals surface area contributed by atoms with Crippen molar-refractivity contribution in [2.75, 3.05) is 18.6 Å². The molecule has 0 aliphatic heterocycles. The van der Waals surface area contributed by atoms with Crippen molar-refractivity contribution in [2.24, 2.45) is 11.3 Å². The second-order valence-corrected chi connectivity index (χ2v) is 7.67. The summed E-state index contributed by atoms with van der Waals surface area (Å²) in [4.78, 5) is 23.2. The molecule has 0 saturated heterocycles. The van der Waals surface area contributed by atoms with Crippen molar-refractivity contribution in [3.8, 4) is 0 Å². The Kier molecular flexibility index (Phi) is 7.57. The van der Waals surface area contributed by atoms with E-state index in [0.717, 1.165) is 31.4 Å². The number of nitrogens with one attached hydrogen (secondary N) is 1. The fourth-order valence-corrected chi connectivity index (χ4v) is 3.45. The first-order chi connectivity index (χ1) is 9.87. The Labute approximate surface area is 132 Å². The monoisotopic (exact) mass is 315 g/mol. The van der Waals surface area contributed by atoms with E-state index in [9.17, 15) is 9.59 Å². The number of ether oxygens (including phenoxy) is 1. The van der Waals surface area contributed by atoms with E-state index in [2.05, 4.69) is 26.1 Å². The van der Waals surface area contributed by atoms with E-state index in [1.54, 1.807) is 11.8 Å². The maximum atomic E-state index is 11.9. The van der Waals surface area contributed by atoms with Gasteiger partial charge in [-0.2, -0.15) is 11.8 Å². The molecule has 122 valence electrons. The van der Waals surface area contributed by atoms with Gasteiger partial charge < -0.3 is 10.1 Å². The van der Waals surface area contributed by atoms with Gasteiger partial charge in [0.1, 0.15) is 0 Å². The lowest BCUT2D eigenvalue weighted by Gasteiger charge is -2.16. The van der Waals surface area contributed by atoms with E-state index in [4.69, 9.17) is 4.74 Å². The zero-order valence-corrected chi connectivity index (χ0v) is 14.6. The molecular weight excluding hydrogens is 286 g/mol. The van der Waals surface area contributed by atoms with Crippen LogP contribution in [0, 0.1) is 11.3 Å². The Balaban J connectivity index is 2.14. The van der Waals surface area contributed by atoms with Crippen LogP contribution in [-0.4, -0.2) is 36.5 Å². The standard InChI is InChI=1S/C16H29NO3S/c1-12(2)5-6-13(3)17-14(18)10-21-11-16(7-8-16)9-15(19)20-4/h12-13H,5-11H2,1-4H3,(H,17,18). The number of carbonyl (C=O) groups excluding carboxylic acids is 2. The predicted octanol–water partition coefficient (Wildman–Crippen LogP) is 3.00. The van der Waals surface area contributed by atoms with Gasteiger partial charge in [-0.25, -0.2) is 0 Å². The average molecular weight is 315 g/mol. The molecule has 0 spiro atoms. The number of rotatable bonds is 10. The average Bonchev–Trinajstić information content (AvgIpc) is 3.16. The Morgan fingerprint density at radius 1 is 1.24 bits per heavy atom. The van der Waals surface area contributed by atoms with Crippen LogP contribution < -0.4 is 5.32 Å². The Hall–Kier alpha value is -0.710. The van der Waals surface area contributed by atoms with E-state index >= 15 is 0 Å². The van der Waals surface area contributed by atoms with Crippen molar-refractivity contribution in [3.05, 3.63) is 0 Å². The van der Waals surface area contributed by atoms with Gasteiger partial charge in [0.15, 0.2) is 0 Å². The van der Waals surface area contributed by atoms with Crippen LogP contribution in [0.1, 0.15) is 52.9 Å². The number of methoxy groups -OCH3 is 1. The molecule has 1 aliphatic rings. The molecule has 0 aromatic heterocycles. The molecule has 0 aromatic carbocycles. The normalized spacial score (nSPS) is 17.4. The first-order valence-electron chi connectivity index (χ1n) is 7.81. The molecule has 1 amide bonds. The van der Waals surface area contributed by atoms with Crippen molar-refractivity contribution in [3.63, 3.8) is 0 Å². The third-order valence-electron chi connectivity index (χ3n) is 3.93. The van der Waals surface area contributed by atoms with Gasteiger partial charge in [-0.15, -0.1) is 0 Å². The number of hydrogen-bond acceptors (Lipinski definition) is 4. The molecule has 1 aliphatic carbocycles. The number of hydrogen-bond donors (Lipinski definition) is 1. The molecule has 0 radical (unpaired) electrons. The van der Waals surface area contributed by atoms with Crippen molar-refractivity contribution >= 4 is 23.6 Å². The van der Waals surface area contributed by atoms with Crippen LogP contribution >= 0.6 is 11.8 Å². The van der Waals surface area contributed by atoms with E-state index in [0.29, 0.717) is 18.1 Å². The highest BCUT2D eigenvalue weighted by Crippen LogP contribution is 2.51. The third-order valence-corrected chi connectivity index (χ3v) is 5.21. The van der Waals surface area contributed by atoms with Gasteiger partial charge >= 0.3 is 5.97 Å². The Bertz CT molecular complexity index is 353. The second-order valence-electron chi connectivity index (χ2n) is 6.69. The van der Waals surface area contributed by atoms with Gasteiger partial charge in [0.25, 0.3) is 0 Å². The Morgan fingerprint density at radius 2 is 1.90 bits per heavy atom. The first-order valence-corrected chi connectivity index (χ1v) is 8.96. The molecule has 21 heavy (non-hydrogen) atoms. The minimum Gasteiger partial charge on any atom is -0.469 e. The molecule has 1 N–H and O–H groups in total. The Morgan fingerprint density at radius 3 is 2.43 bits per heavy atom. The number of thioether (sulfide) groups is 1. The fourth-order valence-electron chi connectivity index (χ4n) is 2.26. The molecule has 0 aromatic rings. The van der Waals surface area contributed by atoms with E-state index < -0.39 is 0 Å². The highest BCUT2D eigenvalue weighted by Gasteiger charge is 2.44. The molecule has 1 atom stereocenters. The van der Waals surface area contributed by atoms with Crippen LogP contribution in [0.2, 0.25) is 0 Å². The SMILES string of the molecule is COC(=O)CC1(CSCC(=O)NC(C)CCC(C)C)CC1. The summed E-state index contributed by atoms with van der Waals surface area (Å²) < 4.78 is 4.72. The minimum atomic E-state index is -0.139. The molecule has 1 fully saturated rings. The zero-order valence-electron chi connectivity index (χ0n) is 13.7. The molecule has 0 heterocycles. The lowest BCUT2D eigenvalue weighted by Crippen LogP contribution is -2.34. The van der Waals surface area contributed by atoms with Gasteiger partial charge in [0.2, 0.25) is 5.91 Å². The summed E-state index contributed by atoms with van der Waals surface area (Å²) in [7, 11) is 1.43. The van der Waals surface area contributed by atoms with Crippen molar-refractivity contribution in [1.29, 1.82) is 0 Å². The first kappa shape index (κ1) is 18.3. The van der Waals surface area contributed by atoms with Crippen LogP contribution in [0.5, 0.6) is 0 Å². The largest absolute Gasteiger partial charge is 0.469 e. The van der Waals surface area contributed by atoms with Gasteiger partial charge in [-0.3, -0.25) is 9.59 Å². The van der Waals surface area contributed by atoms with E-state index in [-0.39, 0.29) is 23.3 Å². The number of esters is 1. The van der Waals surface area contributed by atoms with Crippen molar-refractivity contribution < 1.29 is 14.3 Å². The highest BCUT2D eigenvalue weighted by atomic mass is 32.2. The topological polar surface area (TPSA) is 55.4 Å². The molecule has 0 bridgehead atoms. The van der Waals surface area contributed by atoms with Crippen LogP contribution in [0.3, 0.4) is 0 Å². The molecular formula is C16H29NO3S. The van der Waals surface area contributed by atoms with Gasteiger partial charge in [-0.1, -0.05) is 13.8 Å². The fraction of sp³-hybridized carbons (Fsp3) is 0.875. The maximum absolute atomic E-state index is 11.9. The minimum absolute atomic E-state index is 0.0985. The lowest BCUT2D eigenvalue weighted by molar-refractivity contribution is -0.141. The summed E-state index contributed by atoms with van der Waals surface area (Å²) in [6, 6.07) is 0.241. The quantitative estimate of drug-likeness (QED) is 0.630. The van der Waals surface area contributed by atoms with Crippen molar-refractivity contribution in [2.45, 2.75) is 58.9 Å². The predicted molar refractivity (Wildman–Crippen MR) is 87.3 cm³/mol. The van der Waals surface area contributed by atoms with Crippen LogP contribution in [0.25, 0.3) is 0 Å². The summed E-state index contributed by atoms with van der Waals surface area (Å²) >= 11 is 1.63. The van der Waals surface area contributed by atoms with Gasteiger partial charge in [0, 0.05) is 6.04 Å². The second kappa shape index (κ2) is 8.66. The van der Waals surface area contributed by atoms with E-state index in [1.807, 2.05) is 0 Å². The third kappa shape index (κ3) is 7.74. The lowest BCUT2D eigenvalue weighted by atomic mass is 10.0. The number of carbonyl (C=O) groups is 2. The summed E-state index contributed by atoms with van der Waals surface area (Å²) in [5.74, 6) is 1.99. The summed E-state index contributed by atoms with van der Waals surface area (Å²) in [6.07, 6.45) is 4.79. The summed E-state index contributed by atoms with van der Waals surface area (Å²) in [5.41, 5.74) is 0.0985. The summed E-state index contributed by atoms with van der Waals surface area (Å²) in [6.45, 7) is 6.45. The van der Waals surface area contributed by atoms with Gasteiger partial charge in [-0.05, 0) is 49.7 Å². The molecule has 1 unspecified atom stereocenters. The van der Waals surface area contributed by atoms with Crippen LogP contribution in [0.4, 0.5) is 0 Å². The van der Waals surface area contributed by atoms with Crippen LogP contribution in [0.15, 0.2) is 0 Å². The highest BCUT2D eigenvalue weighted by molar-refractivity contribution is 7.99. The molecule has 4 nitrogen and oxygen atoms in total. The summed E-state index contributed by atoms with van der Waals surface area (Å²) in [5, 5.41) is 3.04. The maximum Gasteiger partial charge on any atom is 0.306 e. The number of amides is 1. The van der Waals surface area contributed by atoms with Crippen LogP contribution in [-0.2, 0) is 14.3 Å². The van der Waals surface area contributed by atoms with Crippen molar-refractivity contribution in [1.82, 2.24) is 5.32 Å². The molecule has 5 heteroatoms. The smallest absolute Gasteiger partial charge is 0.306 e. The van der Waals surface area contributed by atoms with E-state index in [1.165, 1.54) is 7.11 Å².